The molecule has 12 aromatic rings. The van der Waals surface area contributed by atoms with Gasteiger partial charge in [-0.15, -0.1) is 0 Å². The summed E-state index contributed by atoms with van der Waals surface area (Å²) in [6, 6.07) is 49.6. The number of fused-ring (bicyclic) bond motifs is 2. The van der Waals surface area contributed by atoms with Gasteiger partial charge in [0.2, 0.25) is 0 Å². The molecule has 0 spiro atoms. The number of carboxylic acids is 3. The summed E-state index contributed by atoms with van der Waals surface area (Å²) >= 11 is 0. The fraction of sp³-hybridized carbons (Fsp3) is 0. The van der Waals surface area contributed by atoms with E-state index in [9.17, 15) is 24.6 Å². The third kappa shape index (κ3) is 16.0. The summed E-state index contributed by atoms with van der Waals surface area (Å²) in [4.78, 5) is 82.7. The Morgan fingerprint density at radius 3 is 1.00 bits per heavy atom. The number of aromatic carboxylic acids is 3. The van der Waals surface area contributed by atoms with Crippen LogP contribution in [-0.4, -0.2) is 83.1 Å². The van der Waals surface area contributed by atoms with Gasteiger partial charge in [0.25, 0.3) is 0 Å². The molecule has 0 aliphatic rings. The number of imidazole rings is 2. The maximum absolute atomic E-state index is 10.8. The van der Waals surface area contributed by atoms with Crippen molar-refractivity contribution < 1.29 is 74.1 Å². The van der Waals surface area contributed by atoms with E-state index in [0.717, 1.165) is 44.8 Å². The largest absolute Gasteiger partial charge is 1.00 e. The van der Waals surface area contributed by atoms with Crippen LogP contribution >= 0.6 is 0 Å². The number of nitrogens with zero attached hydrogens (tertiary/aromatic N) is 12. The zero-order valence-electron chi connectivity index (χ0n) is 40.3. The van der Waals surface area contributed by atoms with Gasteiger partial charge < -0.3 is 45.2 Å². The number of para-hydroxylation sites is 4. The Morgan fingerprint density at radius 2 is 0.679 bits per heavy atom. The molecule has 12 rings (SSSR count). The molecule has 0 aliphatic carbocycles. The molecule has 21 heteroatoms. The minimum atomic E-state index is -1.33. The Balaban J connectivity index is 0.000000158. The second-order valence-corrected chi connectivity index (χ2v) is 15.5. The van der Waals surface area contributed by atoms with Crippen LogP contribution in [0.3, 0.4) is 0 Å². The van der Waals surface area contributed by atoms with Crippen LogP contribution < -0.4 is 15.1 Å². The zero-order chi connectivity index (χ0) is 53.1. The van der Waals surface area contributed by atoms with E-state index in [2.05, 4.69) is 59.8 Å². The molecule has 0 atom stereocenters. The van der Waals surface area contributed by atoms with Crippen molar-refractivity contribution in [1.29, 1.82) is 0 Å². The van der Waals surface area contributed by atoms with Crippen molar-refractivity contribution in [3.63, 3.8) is 0 Å². The summed E-state index contributed by atoms with van der Waals surface area (Å²) < 4.78 is 0. The molecule has 0 bridgehead atoms. The van der Waals surface area contributed by atoms with Gasteiger partial charge in [-0.05, 0) is 113 Å². The normalized spacial score (nSPS) is 9.95. The Kier molecular flexibility index (Phi) is 21.1. The molecule has 0 saturated heterocycles. The minimum absolute atomic E-state index is 0. The topological polar surface area (TPSA) is 292 Å². The number of hydrogen-bond acceptors (Lipinski definition) is 15. The summed E-state index contributed by atoms with van der Waals surface area (Å²) in [6.07, 6.45) is 12.5. The van der Waals surface area contributed by atoms with Gasteiger partial charge >= 0.3 is 51.2 Å². The Labute approximate surface area is 470 Å². The maximum Gasteiger partial charge on any atom is 1.00 e. The van der Waals surface area contributed by atoms with Gasteiger partial charge in [0.1, 0.15) is 5.75 Å². The summed E-state index contributed by atoms with van der Waals surface area (Å²) in [5.74, 6) is -2.20. The first-order valence-corrected chi connectivity index (χ1v) is 22.7. The zero-order valence-corrected chi connectivity index (χ0v) is 44.6. The van der Waals surface area contributed by atoms with Gasteiger partial charge in [0.15, 0.2) is 0 Å². The molecule has 10 heterocycles. The number of benzene rings is 2. The predicted molar refractivity (Wildman–Crippen MR) is 279 cm³/mol. The first-order valence-electron chi connectivity index (χ1n) is 22.7. The number of carbonyl (C=O) groups excluding carboxylic acids is 1. The average molecular weight is 1300 g/mol. The van der Waals surface area contributed by atoms with Gasteiger partial charge in [-0.1, -0.05) is 84.4 Å². The van der Waals surface area contributed by atoms with Gasteiger partial charge in [0.05, 0.1) is 62.6 Å². The number of hydrogen-bond donors (Lipinski definition) is 3. The number of aromatic hydroxyl groups is 1. The van der Waals surface area contributed by atoms with Crippen LogP contribution in [-0.2, 0) is 39.3 Å². The molecule has 0 aliphatic heterocycles. The summed E-state index contributed by atoms with van der Waals surface area (Å²) in [7, 11) is 0. The maximum atomic E-state index is 10.8. The fourth-order valence-electron chi connectivity index (χ4n) is 6.73. The fourth-order valence-corrected chi connectivity index (χ4v) is 6.73. The number of pyridine rings is 8. The molecule has 3 N–H and O–H groups in total. The Bertz CT molecular complexity index is 3520. The number of rotatable bonds is 8. The van der Waals surface area contributed by atoms with Crippen molar-refractivity contribution >= 4 is 40.0 Å². The second-order valence-electron chi connectivity index (χ2n) is 15.5. The van der Waals surface area contributed by atoms with E-state index in [4.69, 9.17) is 10.2 Å². The molecular formula is C57H39N12O7OsRu-. The summed E-state index contributed by atoms with van der Waals surface area (Å²) in [6.45, 7) is 0. The first kappa shape index (κ1) is 57.3. The van der Waals surface area contributed by atoms with Gasteiger partial charge in [-0.2, -0.15) is 0 Å². The van der Waals surface area contributed by atoms with Crippen molar-refractivity contribution in [2.24, 2.45) is 0 Å². The van der Waals surface area contributed by atoms with E-state index in [1.165, 1.54) is 73.3 Å². The SMILES string of the molecule is O=C(O)c1ccnc(-c2cc(O)ccn2)c1.O=C([O-])c1ccnc(-c2cc(C(=O)O)ccn2)c1.[Os+].[Ru+].c1ccc(-c2ccccn2)nc1.c1ccc(-c2ccccn2)nc1.c1ccc2[n-]c(-c3nc4ccccc4[n-]3)nc2c1. The van der Waals surface area contributed by atoms with Crippen LogP contribution in [0.2, 0.25) is 0 Å². The van der Waals surface area contributed by atoms with Crippen molar-refractivity contribution in [2.75, 3.05) is 0 Å². The van der Waals surface area contributed by atoms with Gasteiger partial charge in [0, 0.05) is 61.2 Å². The molecule has 78 heavy (non-hydrogen) atoms. The summed E-state index contributed by atoms with van der Waals surface area (Å²) in [5.41, 5.74) is 8.73. The quantitative estimate of drug-likeness (QED) is 0.120. The van der Waals surface area contributed by atoms with Crippen LogP contribution in [0.4, 0.5) is 0 Å². The van der Waals surface area contributed by atoms with Crippen LogP contribution in [0, 0.1) is 0 Å². The van der Waals surface area contributed by atoms with Crippen LogP contribution in [0.1, 0.15) is 31.1 Å². The molecule has 0 unspecified atom stereocenters. The smallest absolute Gasteiger partial charge is 0.545 e. The third-order valence-electron chi connectivity index (χ3n) is 10.3. The van der Waals surface area contributed by atoms with Crippen LogP contribution in [0.5, 0.6) is 5.75 Å². The number of carboxylic acid groups (broad SMARTS) is 3. The first-order chi connectivity index (χ1) is 37.1. The van der Waals surface area contributed by atoms with E-state index in [0.29, 0.717) is 23.0 Å². The van der Waals surface area contributed by atoms with E-state index in [1.807, 2.05) is 121 Å². The molecule has 10 aromatic heterocycles. The molecule has 0 fully saturated rings. The molecule has 2 radical (unpaired) electrons. The minimum Gasteiger partial charge on any atom is -0.545 e. The Morgan fingerprint density at radius 1 is 0.372 bits per heavy atom. The molecule has 2 aromatic carbocycles. The predicted octanol–water partition coefficient (Wildman–Crippen LogP) is 8.40. The van der Waals surface area contributed by atoms with Crippen molar-refractivity contribution in [1.82, 2.24) is 59.8 Å². The standard InChI is InChI=1S/C14H8N4.C12H8N2O4.C11H8N2O3.2C10H8N2.Os.Ru/c1-2-6-10-9(5-1)15-13(16-10)14-17-11-7-3-4-8-12(11)18-14;15-11(16)7-1-3-13-9(5-7)10-6-8(12(17)18)2-4-14-10;14-8-2-4-13-10(6-8)9-5-7(11(15)16)1-3-12-9;2*1-3-7-11-9(5-1)10-6-2-4-8-12-10;;/h1-8H;1-6H,(H,15,16)(H,17,18);1-6H,(H,13,14)(H,15,16);2*1-8H;;/q-2;;;;;2*+1/p-1. The van der Waals surface area contributed by atoms with Gasteiger partial charge in [-0.3, -0.25) is 39.9 Å². The number of aromatic nitrogens is 12. The van der Waals surface area contributed by atoms with E-state index in [1.54, 1.807) is 24.8 Å². The molecule has 386 valence electrons. The monoisotopic (exact) mass is 1300 g/mol. The van der Waals surface area contributed by atoms with E-state index < -0.39 is 17.9 Å². The average Bonchev–Trinajstić information content (AvgIpc) is 4.13. The molecular weight excluding hydrogens is 1260 g/mol. The van der Waals surface area contributed by atoms with Gasteiger partial charge in [-0.25, -0.2) is 9.59 Å². The van der Waals surface area contributed by atoms with Crippen LogP contribution in [0.25, 0.3) is 79.3 Å². The molecule has 19 nitrogen and oxygen atoms in total. The van der Waals surface area contributed by atoms with Crippen LogP contribution in [0.15, 0.2) is 219 Å². The molecule has 0 saturated carbocycles. The Hall–Kier alpha value is -9.95. The van der Waals surface area contributed by atoms with E-state index >= 15 is 0 Å². The number of carbonyl (C=O) groups is 3. The third-order valence-corrected chi connectivity index (χ3v) is 10.3. The van der Waals surface area contributed by atoms with Crippen molar-refractivity contribution in [2.45, 2.75) is 0 Å². The van der Waals surface area contributed by atoms with E-state index in [-0.39, 0.29) is 73.1 Å². The molecule has 0 amide bonds. The summed E-state index contributed by atoms with van der Waals surface area (Å²) in [5, 5.41) is 37.6. The van der Waals surface area contributed by atoms with Crippen molar-refractivity contribution in [3.05, 3.63) is 236 Å². The van der Waals surface area contributed by atoms with Crippen molar-refractivity contribution in [3.8, 4) is 62.9 Å². The second kappa shape index (κ2) is 28.6.